The molecule has 114 valence electrons. The number of rotatable bonds is 4. The molecule has 0 spiro atoms. The molecule has 0 aromatic rings. The second-order valence-electron chi connectivity index (χ2n) is 5.94. The van der Waals surface area contributed by atoms with Gasteiger partial charge in [-0.25, -0.2) is 0 Å². The van der Waals surface area contributed by atoms with E-state index in [0.717, 1.165) is 51.9 Å². The van der Waals surface area contributed by atoms with Gasteiger partial charge in [0.1, 0.15) is 6.04 Å². The van der Waals surface area contributed by atoms with E-state index in [9.17, 15) is 9.59 Å². The number of likely N-dealkylation sites (tertiary alicyclic amines) is 2. The van der Waals surface area contributed by atoms with Crippen molar-refractivity contribution in [3.8, 4) is 0 Å². The van der Waals surface area contributed by atoms with Crippen LogP contribution in [0.1, 0.15) is 32.6 Å². The number of nitrogens with two attached hydrogens (primary N) is 1. The van der Waals surface area contributed by atoms with Gasteiger partial charge < -0.3 is 16.0 Å². The van der Waals surface area contributed by atoms with Crippen molar-refractivity contribution in [3.05, 3.63) is 0 Å². The lowest BCUT2D eigenvalue weighted by Crippen LogP contribution is -2.50. The maximum Gasteiger partial charge on any atom is 0.244 e. The molecule has 3 N–H and O–H groups in total. The summed E-state index contributed by atoms with van der Waals surface area (Å²) in [6, 6.07) is -0.155. The lowest BCUT2D eigenvalue weighted by Gasteiger charge is -2.30. The molecule has 0 aromatic heterocycles. The zero-order valence-corrected chi connectivity index (χ0v) is 12.3. The average Bonchev–Trinajstić information content (AvgIpc) is 2.94. The van der Waals surface area contributed by atoms with E-state index in [1.807, 2.05) is 4.90 Å². The first-order chi connectivity index (χ1) is 9.56. The molecule has 1 unspecified atom stereocenters. The number of carbonyl (C=O) groups is 2. The molecular formula is C14H26N4O2. The van der Waals surface area contributed by atoms with Gasteiger partial charge in [-0.2, -0.15) is 0 Å². The average molecular weight is 282 g/mol. The number of amides is 2. The summed E-state index contributed by atoms with van der Waals surface area (Å²) in [6.07, 6.45) is 4.02. The monoisotopic (exact) mass is 282 g/mol. The molecule has 2 aliphatic rings. The lowest BCUT2D eigenvalue weighted by molar-refractivity contribution is -0.135. The smallest absolute Gasteiger partial charge is 0.244 e. The van der Waals surface area contributed by atoms with Crippen LogP contribution in [0.5, 0.6) is 0 Å². The van der Waals surface area contributed by atoms with Gasteiger partial charge in [0.25, 0.3) is 0 Å². The fourth-order valence-electron chi connectivity index (χ4n) is 2.87. The molecule has 0 aromatic carbocycles. The van der Waals surface area contributed by atoms with Crippen molar-refractivity contribution < 1.29 is 9.59 Å². The molecule has 2 aliphatic heterocycles. The number of hydrogen-bond acceptors (Lipinski definition) is 4. The molecule has 0 aliphatic carbocycles. The predicted molar refractivity (Wildman–Crippen MR) is 77.1 cm³/mol. The van der Waals surface area contributed by atoms with Crippen LogP contribution in [0.3, 0.4) is 0 Å². The Morgan fingerprint density at radius 1 is 1.20 bits per heavy atom. The molecule has 2 heterocycles. The molecule has 0 radical (unpaired) electrons. The van der Waals surface area contributed by atoms with Crippen molar-refractivity contribution in [3.63, 3.8) is 0 Å². The summed E-state index contributed by atoms with van der Waals surface area (Å²) in [5.74, 6) is -0.0305. The maximum absolute atomic E-state index is 12.1. The number of carbonyl (C=O) groups excluding carboxylic acids is 2. The van der Waals surface area contributed by atoms with Gasteiger partial charge in [0.15, 0.2) is 0 Å². The van der Waals surface area contributed by atoms with Crippen LogP contribution >= 0.6 is 0 Å². The lowest BCUT2D eigenvalue weighted by atomic mass is 10.1. The highest BCUT2D eigenvalue weighted by molar-refractivity contribution is 5.88. The number of piperidine rings is 1. The molecule has 6 heteroatoms. The van der Waals surface area contributed by atoms with E-state index in [-0.39, 0.29) is 17.9 Å². The van der Waals surface area contributed by atoms with Crippen molar-refractivity contribution in [1.29, 1.82) is 0 Å². The highest BCUT2D eigenvalue weighted by atomic mass is 16.2. The Morgan fingerprint density at radius 3 is 2.40 bits per heavy atom. The van der Waals surface area contributed by atoms with Crippen molar-refractivity contribution in [2.24, 2.45) is 5.73 Å². The van der Waals surface area contributed by atoms with Gasteiger partial charge >= 0.3 is 0 Å². The second kappa shape index (κ2) is 7.04. The van der Waals surface area contributed by atoms with E-state index in [0.29, 0.717) is 6.54 Å². The van der Waals surface area contributed by atoms with Gasteiger partial charge in [0.05, 0.1) is 6.54 Å². The van der Waals surface area contributed by atoms with Crippen molar-refractivity contribution in [2.75, 3.05) is 32.7 Å². The van der Waals surface area contributed by atoms with Gasteiger partial charge in [-0.3, -0.25) is 14.5 Å². The van der Waals surface area contributed by atoms with Crippen LogP contribution in [0.15, 0.2) is 0 Å². The molecule has 1 atom stereocenters. The molecule has 2 fully saturated rings. The van der Waals surface area contributed by atoms with Crippen LogP contribution in [0.4, 0.5) is 0 Å². The van der Waals surface area contributed by atoms with Gasteiger partial charge in [-0.1, -0.05) is 0 Å². The summed E-state index contributed by atoms with van der Waals surface area (Å²) in [4.78, 5) is 28.0. The minimum atomic E-state index is -0.423. The fourth-order valence-corrected chi connectivity index (χ4v) is 2.87. The summed E-state index contributed by atoms with van der Waals surface area (Å²) >= 11 is 0. The first kappa shape index (κ1) is 15.3. The molecule has 0 saturated carbocycles. The van der Waals surface area contributed by atoms with Crippen molar-refractivity contribution >= 4 is 11.8 Å². The molecule has 2 saturated heterocycles. The molecule has 0 bridgehead atoms. The molecule has 2 rings (SSSR count). The highest BCUT2D eigenvalue weighted by Crippen LogP contribution is 2.09. The standard InChI is InChI=1S/C14H26N4O2/c1-11(14(20)18-6-2-3-7-18)16-13(19)10-17-8-4-12(15)5-9-17/h11-12H,2-10,15H2,1H3,(H,16,19). The van der Waals surface area contributed by atoms with Gasteiger partial charge in [0.2, 0.25) is 11.8 Å². The van der Waals surface area contributed by atoms with Gasteiger partial charge in [0, 0.05) is 32.2 Å². The summed E-state index contributed by atoms with van der Waals surface area (Å²) < 4.78 is 0. The van der Waals surface area contributed by atoms with E-state index in [1.54, 1.807) is 6.92 Å². The van der Waals surface area contributed by atoms with E-state index in [1.165, 1.54) is 0 Å². The number of hydrogen-bond donors (Lipinski definition) is 2. The Balaban J connectivity index is 1.71. The topological polar surface area (TPSA) is 78.7 Å². The van der Waals surface area contributed by atoms with Crippen molar-refractivity contribution in [1.82, 2.24) is 15.1 Å². The Kier molecular flexibility index (Phi) is 5.37. The van der Waals surface area contributed by atoms with Gasteiger partial charge in [-0.05, 0) is 32.6 Å². The van der Waals surface area contributed by atoms with Crippen LogP contribution < -0.4 is 11.1 Å². The summed E-state index contributed by atoms with van der Waals surface area (Å²) in [6.45, 7) is 5.51. The molecule has 6 nitrogen and oxygen atoms in total. The summed E-state index contributed by atoms with van der Waals surface area (Å²) in [7, 11) is 0. The molecule has 20 heavy (non-hydrogen) atoms. The third-order valence-electron chi connectivity index (χ3n) is 4.17. The number of nitrogens with zero attached hydrogens (tertiary/aromatic N) is 2. The van der Waals surface area contributed by atoms with Gasteiger partial charge in [-0.15, -0.1) is 0 Å². The van der Waals surface area contributed by atoms with Crippen LogP contribution in [0.25, 0.3) is 0 Å². The SMILES string of the molecule is CC(NC(=O)CN1CCC(N)CC1)C(=O)N1CCCC1. The molecular weight excluding hydrogens is 256 g/mol. The minimum absolute atomic E-state index is 0.0384. The van der Waals surface area contributed by atoms with Crippen LogP contribution in [-0.4, -0.2) is 66.4 Å². The Morgan fingerprint density at radius 2 is 1.80 bits per heavy atom. The van der Waals surface area contributed by atoms with E-state index in [4.69, 9.17) is 5.73 Å². The number of nitrogens with one attached hydrogen (secondary N) is 1. The predicted octanol–water partition coefficient (Wildman–Crippen LogP) is -0.463. The Labute approximate surface area is 120 Å². The summed E-state index contributed by atoms with van der Waals surface area (Å²) in [5, 5.41) is 2.81. The summed E-state index contributed by atoms with van der Waals surface area (Å²) in [5.41, 5.74) is 5.84. The third kappa shape index (κ3) is 4.18. The largest absolute Gasteiger partial charge is 0.343 e. The second-order valence-corrected chi connectivity index (χ2v) is 5.94. The quantitative estimate of drug-likeness (QED) is 0.731. The normalized spacial score (nSPS) is 22.8. The molecule has 2 amide bonds. The van der Waals surface area contributed by atoms with Crippen LogP contribution in [-0.2, 0) is 9.59 Å². The first-order valence-electron chi connectivity index (χ1n) is 7.62. The highest BCUT2D eigenvalue weighted by Gasteiger charge is 2.25. The van der Waals surface area contributed by atoms with E-state index < -0.39 is 6.04 Å². The van der Waals surface area contributed by atoms with E-state index in [2.05, 4.69) is 10.2 Å². The van der Waals surface area contributed by atoms with Crippen LogP contribution in [0.2, 0.25) is 0 Å². The van der Waals surface area contributed by atoms with E-state index >= 15 is 0 Å². The van der Waals surface area contributed by atoms with Crippen LogP contribution in [0, 0.1) is 0 Å². The minimum Gasteiger partial charge on any atom is -0.343 e. The third-order valence-corrected chi connectivity index (χ3v) is 4.17. The zero-order valence-electron chi connectivity index (χ0n) is 12.3. The maximum atomic E-state index is 12.1. The zero-order chi connectivity index (χ0) is 14.5. The Bertz CT molecular complexity index is 347. The fraction of sp³-hybridized carbons (Fsp3) is 0.857. The Hall–Kier alpha value is -1.14. The first-order valence-corrected chi connectivity index (χ1v) is 7.62. The van der Waals surface area contributed by atoms with Crippen molar-refractivity contribution in [2.45, 2.75) is 44.7 Å².